The van der Waals surface area contributed by atoms with E-state index in [0.717, 1.165) is 0 Å². The summed E-state index contributed by atoms with van der Waals surface area (Å²) < 4.78 is 40.0. The number of rotatable bonds is 4. The van der Waals surface area contributed by atoms with Crippen molar-refractivity contribution in [1.29, 1.82) is 0 Å². The standard InChI is InChI=1S/C20H16F2N2O6/c1-9(2)12(8-16-18(26)24-19(27)28-16)11-4-5-13(23-17(11)25)10-3-6-14-15(7-10)30-20(21,22)29-14/h3-9,11-12H,1-2H3,(H,24,26,27). The highest BCUT2D eigenvalue weighted by molar-refractivity contribution is 6.15. The molecule has 3 aliphatic heterocycles. The van der Waals surface area contributed by atoms with Crippen LogP contribution in [0.1, 0.15) is 19.4 Å². The van der Waals surface area contributed by atoms with Crippen molar-refractivity contribution in [1.82, 2.24) is 5.32 Å². The second-order valence-corrected chi connectivity index (χ2v) is 7.25. The van der Waals surface area contributed by atoms with Gasteiger partial charge in [0, 0.05) is 5.56 Å². The summed E-state index contributed by atoms with van der Waals surface area (Å²) in [6.07, 6.45) is 0.0606. The van der Waals surface area contributed by atoms with Crippen molar-refractivity contribution >= 4 is 23.6 Å². The highest BCUT2D eigenvalue weighted by atomic mass is 19.3. The first-order valence-corrected chi connectivity index (χ1v) is 9.09. The maximum Gasteiger partial charge on any atom is 0.586 e. The Kier molecular flexibility index (Phi) is 4.64. The van der Waals surface area contributed by atoms with Gasteiger partial charge in [-0.2, -0.15) is 0 Å². The van der Waals surface area contributed by atoms with Crippen LogP contribution in [0.2, 0.25) is 0 Å². The molecule has 0 aromatic heterocycles. The number of halogens is 2. The summed E-state index contributed by atoms with van der Waals surface area (Å²) in [6.45, 7) is 3.71. The number of nitrogens with one attached hydrogen (secondary N) is 1. The Labute approximate surface area is 169 Å². The minimum absolute atomic E-state index is 0.0762. The van der Waals surface area contributed by atoms with Crippen LogP contribution >= 0.6 is 0 Å². The summed E-state index contributed by atoms with van der Waals surface area (Å²) >= 11 is 0. The lowest BCUT2D eigenvalue weighted by Gasteiger charge is -2.25. The fourth-order valence-corrected chi connectivity index (χ4v) is 3.39. The van der Waals surface area contributed by atoms with Crippen LogP contribution in [-0.4, -0.2) is 29.9 Å². The Balaban J connectivity index is 1.57. The molecule has 3 heterocycles. The van der Waals surface area contributed by atoms with Gasteiger partial charge in [0.2, 0.25) is 0 Å². The van der Waals surface area contributed by atoms with E-state index in [9.17, 15) is 23.2 Å². The number of cyclic esters (lactones) is 1. The van der Waals surface area contributed by atoms with Gasteiger partial charge in [-0.05, 0) is 42.2 Å². The summed E-state index contributed by atoms with van der Waals surface area (Å²) in [6, 6.07) is 4.12. The number of hydrogen-bond donors (Lipinski definition) is 1. The highest BCUT2D eigenvalue weighted by Gasteiger charge is 2.43. The predicted molar refractivity (Wildman–Crippen MR) is 97.9 cm³/mol. The number of amides is 3. The average Bonchev–Trinajstić information content (AvgIpc) is 3.14. The lowest BCUT2D eigenvalue weighted by Crippen LogP contribution is -2.28. The van der Waals surface area contributed by atoms with Crippen LogP contribution in [0.5, 0.6) is 11.5 Å². The van der Waals surface area contributed by atoms with Gasteiger partial charge in [-0.15, -0.1) is 8.78 Å². The first kappa shape index (κ1) is 19.7. The topological polar surface area (TPSA) is 103 Å². The van der Waals surface area contributed by atoms with E-state index in [1.807, 2.05) is 19.2 Å². The molecule has 4 rings (SSSR count). The molecule has 156 valence electrons. The van der Waals surface area contributed by atoms with E-state index in [1.165, 1.54) is 24.3 Å². The molecule has 0 saturated carbocycles. The normalized spacial score (nSPS) is 24.2. The zero-order valence-corrected chi connectivity index (χ0v) is 15.8. The van der Waals surface area contributed by atoms with Gasteiger partial charge in [0.15, 0.2) is 17.3 Å². The van der Waals surface area contributed by atoms with E-state index in [4.69, 9.17) is 4.74 Å². The second-order valence-electron chi connectivity index (χ2n) is 7.25. The number of imide groups is 1. The summed E-state index contributed by atoms with van der Waals surface area (Å²) in [5, 5.41) is 2.01. The minimum atomic E-state index is -3.74. The smallest absolute Gasteiger partial charge is 0.404 e. The molecule has 8 nitrogen and oxygen atoms in total. The third-order valence-electron chi connectivity index (χ3n) is 4.84. The predicted octanol–water partition coefficient (Wildman–Crippen LogP) is 2.93. The van der Waals surface area contributed by atoms with E-state index in [2.05, 4.69) is 14.5 Å². The quantitative estimate of drug-likeness (QED) is 0.755. The molecular weight excluding hydrogens is 402 g/mol. The van der Waals surface area contributed by atoms with Crippen molar-refractivity contribution < 1.29 is 37.4 Å². The molecule has 0 spiro atoms. The number of aliphatic imine (C=N–C) groups is 1. The molecule has 0 radical (unpaired) electrons. The highest BCUT2D eigenvalue weighted by Crippen LogP contribution is 2.41. The van der Waals surface area contributed by atoms with E-state index >= 15 is 0 Å². The van der Waals surface area contributed by atoms with Crippen LogP contribution in [0.4, 0.5) is 13.6 Å². The van der Waals surface area contributed by atoms with Crippen molar-refractivity contribution in [3.05, 3.63) is 47.7 Å². The molecule has 10 heteroatoms. The maximum atomic E-state index is 13.2. The van der Waals surface area contributed by atoms with Gasteiger partial charge in [-0.1, -0.05) is 19.9 Å². The third-order valence-corrected chi connectivity index (χ3v) is 4.84. The third kappa shape index (κ3) is 3.68. The van der Waals surface area contributed by atoms with Gasteiger partial charge in [0.05, 0.1) is 11.6 Å². The molecule has 1 saturated heterocycles. The molecular formula is C20H16F2N2O6. The molecule has 0 aliphatic carbocycles. The second kappa shape index (κ2) is 7.05. The number of benzene rings is 1. The number of dihydropyridines is 1. The average molecular weight is 418 g/mol. The number of allylic oxidation sites excluding steroid dienone is 2. The number of carbonyl (C=O) groups excluding carboxylic acids is 3. The Bertz CT molecular complexity index is 1040. The summed E-state index contributed by atoms with van der Waals surface area (Å²) in [5.41, 5.74) is 0.680. The Morgan fingerprint density at radius 2 is 1.90 bits per heavy atom. The van der Waals surface area contributed by atoms with Crippen LogP contribution in [0.15, 0.2) is 47.2 Å². The molecule has 3 aliphatic rings. The van der Waals surface area contributed by atoms with Crippen molar-refractivity contribution in [3.8, 4) is 11.5 Å². The molecule has 2 unspecified atom stereocenters. The van der Waals surface area contributed by atoms with Gasteiger partial charge in [0.25, 0.3) is 11.8 Å². The van der Waals surface area contributed by atoms with Crippen molar-refractivity contribution in [3.63, 3.8) is 0 Å². The molecule has 30 heavy (non-hydrogen) atoms. The zero-order chi connectivity index (χ0) is 21.6. The SMILES string of the molecule is CC(C)C(C=C1OC(=O)NC1=O)C1C=CC(c2ccc3c(c2)OC(F)(F)O3)=NC1=O. The van der Waals surface area contributed by atoms with Gasteiger partial charge >= 0.3 is 12.4 Å². The van der Waals surface area contributed by atoms with Crippen LogP contribution in [0.25, 0.3) is 0 Å². The van der Waals surface area contributed by atoms with Crippen molar-refractivity contribution in [2.75, 3.05) is 0 Å². The maximum absolute atomic E-state index is 13.2. The van der Waals surface area contributed by atoms with Gasteiger partial charge < -0.3 is 14.2 Å². The number of alkyl carbamates (subject to hydrolysis) is 1. The Hall–Kier alpha value is -3.56. The zero-order valence-electron chi connectivity index (χ0n) is 15.8. The molecule has 1 N–H and O–H groups in total. The molecule has 0 bridgehead atoms. The summed E-state index contributed by atoms with van der Waals surface area (Å²) in [4.78, 5) is 39.8. The minimum Gasteiger partial charge on any atom is -0.404 e. The van der Waals surface area contributed by atoms with Crippen LogP contribution in [0.3, 0.4) is 0 Å². The fourth-order valence-electron chi connectivity index (χ4n) is 3.39. The van der Waals surface area contributed by atoms with Gasteiger partial charge in [-0.3, -0.25) is 14.9 Å². The monoisotopic (exact) mass is 418 g/mol. The molecule has 1 aromatic rings. The summed E-state index contributed by atoms with van der Waals surface area (Å²) in [7, 11) is 0. The molecule has 1 fully saturated rings. The first-order valence-electron chi connectivity index (χ1n) is 9.09. The number of nitrogens with zero attached hydrogens (tertiary/aromatic N) is 1. The van der Waals surface area contributed by atoms with Crippen LogP contribution in [-0.2, 0) is 14.3 Å². The van der Waals surface area contributed by atoms with Crippen LogP contribution < -0.4 is 14.8 Å². The number of hydrogen-bond acceptors (Lipinski definition) is 6. The van der Waals surface area contributed by atoms with Crippen molar-refractivity contribution in [2.24, 2.45) is 22.7 Å². The van der Waals surface area contributed by atoms with Crippen LogP contribution in [0, 0.1) is 17.8 Å². The summed E-state index contributed by atoms with van der Waals surface area (Å²) in [5.74, 6) is -2.78. The van der Waals surface area contributed by atoms with E-state index in [0.29, 0.717) is 5.56 Å². The fraction of sp³-hybridized carbons (Fsp3) is 0.300. The lowest BCUT2D eigenvalue weighted by atomic mass is 9.80. The molecule has 3 amide bonds. The van der Waals surface area contributed by atoms with Gasteiger partial charge in [-0.25, -0.2) is 9.79 Å². The number of carbonyl (C=O) groups is 3. The molecule has 2 atom stereocenters. The molecule has 1 aromatic carbocycles. The van der Waals surface area contributed by atoms with E-state index in [1.54, 1.807) is 12.2 Å². The Morgan fingerprint density at radius 3 is 2.53 bits per heavy atom. The largest absolute Gasteiger partial charge is 0.586 e. The van der Waals surface area contributed by atoms with E-state index < -0.39 is 36.0 Å². The number of alkyl halides is 2. The van der Waals surface area contributed by atoms with Crippen molar-refractivity contribution in [2.45, 2.75) is 20.1 Å². The number of ether oxygens (including phenoxy) is 3. The van der Waals surface area contributed by atoms with E-state index in [-0.39, 0.29) is 28.9 Å². The van der Waals surface area contributed by atoms with Gasteiger partial charge in [0.1, 0.15) is 0 Å². The number of fused-ring (bicyclic) bond motifs is 1. The lowest BCUT2D eigenvalue weighted by molar-refractivity contribution is -0.286. The Morgan fingerprint density at radius 1 is 1.17 bits per heavy atom. The first-order chi connectivity index (χ1) is 14.1.